The maximum absolute atomic E-state index is 5.27. The number of H-pyrrole nitrogens is 1. The summed E-state index contributed by atoms with van der Waals surface area (Å²) in [6, 6.07) is 13.9. The van der Waals surface area contributed by atoms with Crippen LogP contribution >= 0.6 is 12.2 Å². The molecule has 2 aromatic rings. The predicted octanol–water partition coefficient (Wildman–Crippen LogP) is 3.11. The first kappa shape index (κ1) is 9.93. The van der Waals surface area contributed by atoms with Crippen LogP contribution in [0.15, 0.2) is 42.5 Å². The number of nitrogens with one attached hydrogen (secondary N) is 2. The lowest BCUT2D eigenvalue weighted by molar-refractivity contribution is 1.25. The molecule has 15 heavy (non-hydrogen) atoms. The van der Waals surface area contributed by atoms with E-state index in [2.05, 4.69) is 10.3 Å². The lowest BCUT2D eigenvalue weighted by Gasteiger charge is -2.05. The average Bonchev–Trinajstić information content (AvgIpc) is 2.66. The van der Waals surface area contributed by atoms with Crippen LogP contribution < -0.4 is 5.32 Å². The molecule has 2 nitrogen and oxygen atoms in total. The van der Waals surface area contributed by atoms with Gasteiger partial charge in [-0.25, -0.2) is 0 Å². The van der Waals surface area contributed by atoms with Crippen molar-refractivity contribution < 1.29 is 0 Å². The molecule has 2 N–H and O–H groups in total. The fourth-order valence-corrected chi connectivity index (χ4v) is 1.59. The third-order valence-corrected chi connectivity index (χ3v) is 2.43. The van der Waals surface area contributed by atoms with Gasteiger partial charge in [0.2, 0.25) is 0 Å². The molecule has 0 aliphatic carbocycles. The van der Waals surface area contributed by atoms with Gasteiger partial charge in [-0.3, -0.25) is 0 Å². The largest absolute Gasteiger partial charge is 0.357 e. The monoisotopic (exact) mass is 216 g/mol. The zero-order valence-electron chi connectivity index (χ0n) is 8.45. The second-order valence-corrected chi connectivity index (χ2v) is 3.78. The van der Waals surface area contributed by atoms with Gasteiger partial charge < -0.3 is 10.3 Å². The van der Waals surface area contributed by atoms with Crippen molar-refractivity contribution in [3.63, 3.8) is 0 Å². The molecule has 76 valence electrons. The Morgan fingerprint density at radius 3 is 2.47 bits per heavy atom. The summed E-state index contributed by atoms with van der Waals surface area (Å²) in [7, 11) is 0. The average molecular weight is 216 g/mol. The highest BCUT2D eigenvalue weighted by atomic mass is 32.1. The molecule has 0 aliphatic rings. The Balaban J connectivity index is 2.11. The lowest BCUT2D eigenvalue weighted by Crippen LogP contribution is -2.10. The molecule has 1 heterocycles. The minimum absolute atomic E-state index is 0.717. The van der Waals surface area contributed by atoms with Gasteiger partial charge in [0.05, 0.1) is 5.69 Å². The van der Waals surface area contributed by atoms with Crippen LogP contribution in [-0.4, -0.2) is 9.97 Å². The minimum Gasteiger partial charge on any atom is -0.357 e. The molecule has 0 radical (unpaired) electrons. The topological polar surface area (TPSA) is 27.8 Å². The van der Waals surface area contributed by atoms with Gasteiger partial charge in [0.15, 0.2) is 0 Å². The number of benzene rings is 1. The van der Waals surface area contributed by atoms with E-state index in [0.717, 1.165) is 17.1 Å². The molecule has 2 rings (SSSR count). The standard InChI is InChI=1S/C12H12N2S/c1-9-7-8-11(13-9)12(15)14-10-5-3-2-4-6-10/h2-8,13H,1H3,(H,14,15). The molecule has 0 bridgehead atoms. The summed E-state index contributed by atoms with van der Waals surface area (Å²) in [6.45, 7) is 2.01. The Bertz CT molecular complexity index is 459. The molecular formula is C12H12N2S. The molecule has 0 unspecified atom stereocenters. The molecule has 3 heteroatoms. The number of thiocarbonyl (C=S) groups is 1. The number of hydrogen-bond acceptors (Lipinski definition) is 1. The van der Waals surface area contributed by atoms with Gasteiger partial charge in [0.25, 0.3) is 0 Å². The summed E-state index contributed by atoms with van der Waals surface area (Å²) in [6.07, 6.45) is 0. The first-order chi connectivity index (χ1) is 7.25. The van der Waals surface area contributed by atoms with Gasteiger partial charge in [-0.15, -0.1) is 0 Å². The number of aromatic amines is 1. The molecule has 0 fully saturated rings. The second-order valence-electron chi connectivity index (χ2n) is 3.38. The van der Waals surface area contributed by atoms with Crippen molar-refractivity contribution in [3.8, 4) is 0 Å². The van der Waals surface area contributed by atoms with Gasteiger partial charge >= 0.3 is 0 Å². The highest BCUT2D eigenvalue weighted by molar-refractivity contribution is 7.81. The van der Waals surface area contributed by atoms with Crippen molar-refractivity contribution in [2.75, 3.05) is 5.32 Å². The SMILES string of the molecule is Cc1ccc(C(=S)Nc2ccccc2)[nH]1. The molecule has 0 atom stereocenters. The summed E-state index contributed by atoms with van der Waals surface area (Å²) in [4.78, 5) is 3.91. The van der Waals surface area contributed by atoms with Crippen molar-refractivity contribution in [2.45, 2.75) is 6.92 Å². The van der Waals surface area contributed by atoms with Crippen LogP contribution in [0.25, 0.3) is 0 Å². The Morgan fingerprint density at radius 2 is 1.87 bits per heavy atom. The summed E-state index contributed by atoms with van der Waals surface area (Å²) in [5, 5.41) is 3.17. The number of rotatable bonds is 2. The molecule has 0 aliphatic heterocycles. The van der Waals surface area contributed by atoms with Crippen molar-refractivity contribution in [3.05, 3.63) is 53.9 Å². The fourth-order valence-electron chi connectivity index (χ4n) is 1.36. The highest BCUT2D eigenvalue weighted by Crippen LogP contribution is 2.09. The van der Waals surface area contributed by atoms with Crippen LogP contribution in [0.2, 0.25) is 0 Å². The first-order valence-corrected chi connectivity index (χ1v) is 5.18. The number of aromatic nitrogens is 1. The number of anilines is 1. The Kier molecular flexibility index (Phi) is 2.83. The predicted molar refractivity (Wildman–Crippen MR) is 67.3 cm³/mol. The number of hydrogen-bond donors (Lipinski definition) is 2. The normalized spacial score (nSPS) is 9.93. The molecule has 0 saturated carbocycles. The van der Waals surface area contributed by atoms with Crippen molar-refractivity contribution in [1.82, 2.24) is 4.98 Å². The van der Waals surface area contributed by atoms with Crippen molar-refractivity contribution in [2.24, 2.45) is 0 Å². The summed E-state index contributed by atoms with van der Waals surface area (Å²) in [5.41, 5.74) is 3.07. The molecule has 0 spiro atoms. The van der Waals surface area contributed by atoms with Gasteiger partial charge in [0, 0.05) is 11.4 Å². The third-order valence-electron chi connectivity index (χ3n) is 2.11. The zero-order valence-corrected chi connectivity index (χ0v) is 9.27. The van der Waals surface area contributed by atoms with Crippen LogP contribution in [0.3, 0.4) is 0 Å². The summed E-state index contributed by atoms with van der Waals surface area (Å²) < 4.78 is 0. The van der Waals surface area contributed by atoms with Crippen LogP contribution in [0.5, 0.6) is 0 Å². The first-order valence-electron chi connectivity index (χ1n) is 4.78. The Labute approximate surface area is 94.3 Å². The maximum Gasteiger partial charge on any atom is 0.127 e. The van der Waals surface area contributed by atoms with Crippen LogP contribution in [0, 0.1) is 6.92 Å². The quantitative estimate of drug-likeness (QED) is 0.755. The van der Waals surface area contributed by atoms with E-state index in [9.17, 15) is 0 Å². The van der Waals surface area contributed by atoms with E-state index in [1.54, 1.807) is 0 Å². The van der Waals surface area contributed by atoms with Crippen LogP contribution in [0.1, 0.15) is 11.4 Å². The van der Waals surface area contributed by atoms with E-state index < -0.39 is 0 Å². The van der Waals surface area contributed by atoms with Crippen molar-refractivity contribution in [1.29, 1.82) is 0 Å². The Morgan fingerprint density at radius 1 is 1.13 bits per heavy atom. The van der Waals surface area contributed by atoms with E-state index in [4.69, 9.17) is 12.2 Å². The van der Waals surface area contributed by atoms with Gasteiger partial charge in [-0.2, -0.15) is 0 Å². The summed E-state index contributed by atoms with van der Waals surface area (Å²) in [5.74, 6) is 0. The molecule has 1 aromatic heterocycles. The fraction of sp³-hybridized carbons (Fsp3) is 0.0833. The molecular weight excluding hydrogens is 204 g/mol. The zero-order chi connectivity index (χ0) is 10.7. The lowest BCUT2D eigenvalue weighted by atomic mass is 10.3. The van der Waals surface area contributed by atoms with Gasteiger partial charge in [-0.1, -0.05) is 30.4 Å². The van der Waals surface area contributed by atoms with E-state index >= 15 is 0 Å². The minimum atomic E-state index is 0.717. The van der Waals surface area contributed by atoms with E-state index in [1.807, 2.05) is 49.4 Å². The van der Waals surface area contributed by atoms with Crippen molar-refractivity contribution >= 4 is 22.9 Å². The molecule has 0 amide bonds. The van der Waals surface area contributed by atoms with Gasteiger partial charge in [0.1, 0.15) is 4.99 Å². The van der Waals surface area contributed by atoms with E-state index in [1.165, 1.54) is 0 Å². The van der Waals surface area contributed by atoms with Crippen LogP contribution in [-0.2, 0) is 0 Å². The Hall–Kier alpha value is -1.61. The third kappa shape index (κ3) is 2.44. The van der Waals surface area contributed by atoms with Crippen LogP contribution in [0.4, 0.5) is 5.69 Å². The van der Waals surface area contributed by atoms with Gasteiger partial charge in [-0.05, 0) is 31.2 Å². The smallest absolute Gasteiger partial charge is 0.127 e. The molecule has 0 saturated heterocycles. The second kappa shape index (κ2) is 4.28. The maximum atomic E-state index is 5.27. The van der Waals surface area contributed by atoms with E-state index in [-0.39, 0.29) is 0 Å². The van der Waals surface area contributed by atoms with E-state index in [0.29, 0.717) is 4.99 Å². The number of para-hydroxylation sites is 1. The molecule has 1 aromatic carbocycles. The highest BCUT2D eigenvalue weighted by Gasteiger charge is 2.02. The number of aryl methyl sites for hydroxylation is 1. The summed E-state index contributed by atoms with van der Waals surface area (Å²) >= 11 is 5.27.